The van der Waals surface area contributed by atoms with E-state index in [2.05, 4.69) is 0 Å². The third kappa shape index (κ3) is 2.60. The fraction of sp³-hybridized carbons (Fsp3) is 0.133. The van der Waals surface area contributed by atoms with Gasteiger partial charge in [-0.2, -0.15) is 0 Å². The molecule has 0 saturated carbocycles. The normalized spacial score (nSPS) is 9.53. The minimum Gasteiger partial charge on any atom is -0.344 e. The van der Waals surface area contributed by atoms with Gasteiger partial charge in [-0.1, -0.05) is 48.5 Å². The van der Waals surface area contributed by atoms with Crippen LogP contribution < -0.4 is 6.15 Å². The SMILES string of the molecule is Cc1cccc(C(=O)c2ccccc2)c1C.N. The van der Waals surface area contributed by atoms with Crippen LogP contribution >= 0.6 is 0 Å². The number of ketones is 1. The van der Waals surface area contributed by atoms with Crippen molar-refractivity contribution in [2.75, 3.05) is 0 Å². The van der Waals surface area contributed by atoms with E-state index in [9.17, 15) is 4.79 Å². The van der Waals surface area contributed by atoms with Gasteiger partial charge in [0, 0.05) is 11.1 Å². The van der Waals surface area contributed by atoms with Gasteiger partial charge >= 0.3 is 0 Å². The summed E-state index contributed by atoms with van der Waals surface area (Å²) in [5, 5.41) is 0. The Morgan fingerprint density at radius 1 is 0.882 bits per heavy atom. The molecule has 0 aliphatic carbocycles. The van der Waals surface area contributed by atoms with Crippen molar-refractivity contribution in [2.24, 2.45) is 0 Å². The molecule has 0 radical (unpaired) electrons. The molecule has 2 heteroatoms. The molecule has 2 aromatic rings. The van der Waals surface area contributed by atoms with E-state index in [0.717, 1.165) is 22.3 Å². The van der Waals surface area contributed by atoms with Crippen LogP contribution in [0.4, 0.5) is 0 Å². The minimum absolute atomic E-state index is 0. The van der Waals surface area contributed by atoms with Crippen LogP contribution in [0.3, 0.4) is 0 Å². The molecule has 0 aliphatic heterocycles. The van der Waals surface area contributed by atoms with Gasteiger partial charge in [-0.15, -0.1) is 0 Å². The highest BCUT2D eigenvalue weighted by molar-refractivity contribution is 6.09. The van der Waals surface area contributed by atoms with E-state index in [4.69, 9.17) is 0 Å². The topological polar surface area (TPSA) is 52.1 Å². The molecule has 17 heavy (non-hydrogen) atoms. The molecule has 0 bridgehead atoms. The second-order valence-corrected chi connectivity index (χ2v) is 3.94. The average molecular weight is 227 g/mol. The summed E-state index contributed by atoms with van der Waals surface area (Å²) in [5.41, 5.74) is 3.76. The minimum atomic E-state index is 0. The van der Waals surface area contributed by atoms with Gasteiger partial charge in [0.05, 0.1) is 0 Å². The van der Waals surface area contributed by atoms with E-state index < -0.39 is 0 Å². The summed E-state index contributed by atoms with van der Waals surface area (Å²) >= 11 is 0. The number of benzene rings is 2. The molecule has 0 atom stereocenters. The number of aryl methyl sites for hydroxylation is 1. The first-order valence-corrected chi connectivity index (χ1v) is 5.36. The first kappa shape index (κ1) is 13.1. The molecule has 0 unspecified atom stereocenters. The van der Waals surface area contributed by atoms with Gasteiger partial charge in [0.2, 0.25) is 0 Å². The van der Waals surface area contributed by atoms with Crippen LogP contribution in [0.25, 0.3) is 0 Å². The van der Waals surface area contributed by atoms with Crippen LogP contribution in [0.1, 0.15) is 27.0 Å². The van der Waals surface area contributed by atoms with Crippen molar-refractivity contribution >= 4 is 5.78 Å². The van der Waals surface area contributed by atoms with E-state index in [1.165, 1.54) is 0 Å². The maximum absolute atomic E-state index is 12.2. The van der Waals surface area contributed by atoms with Crippen molar-refractivity contribution < 1.29 is 4.79 Å². The quantitative estimate of drug-likeness (QED) is 0.795. The Hall–Kier alpha value is -1.93. The Balaban J connectivity index is 0.00000144. The van der Waals surface area contributed by atoms with Gasteiger partial charge in [0.15, 0.2) is 5.78 Å². The summed E-state index contributed by atoms with van der Waals surface area (Å²) in [6.07, 6.45) is 0. The monoisotopic (exact) mass is 227 g/mol. The Bertz CT molecular complexity index is 518. The van der Waals surface area contributed by atoms with Gasteiger partial charge in [0.25, 0.3) is 0 Å². The molecule has 0 saturated heterocycles. The molecule has 3 N–H and O–H groups in total. The fourth-order valence-corrected chi connectivity index (χ4v) is 1.74. The van der Waals surface area contributed by atoms with Crippen molar-refractivity contribution in [3.05, 3.63) is 70.8 Å². The maximum atomic E-state index is 12.2. The molecular formula is C15H17NO. The van der Waals surface area contributed by atoms with E-state index >= 15 is 0 Å². The van der Waals surface area contributed by atoms with Crippen molar-refractivity contribution in [2.45, 2.75) is 13.8 Å². The largest absolute Gasteiger partial charge is 0.344 e. The molecule has 2 rings (SSSR count). The van der Waals surface area contributed by atoms with Crippen molar-refractivity contribution in [3.63, 3.8) is 0 Å². The zero-order chi connectivity index (χ0) is 11.5. The third-order valence-corrected chi connectivity index (χ3v) is 2.89. The summed E-state index contributed by atoms with van der Waals surface area (Å²) < 4.78 is 0. The van der Waals surface area contributed by atoms with Crippen LogP contribution in [0, 0.1) is 13.8 Å². The lowest BCUT2D eigenvalue weighted by molar-refractivity contribution is 0.103. The molecule has 2 aromatic carbocycles. The van der Waals surface area contributed by atoms with Crippen molar-refractivity contribution in [3.8, 4) is 0 Å². The van der Waals surface area contributed by atoms with Crippen molar-refractivity contribution in [1.29, 1.82) is 0 Å². The first-order valence-electron chi connectivity index (χ1n) is 5.36. The predicted octanol–water partition coefficient (Wildman–Crippen LogP) is 3.70. The number of carbonyl (C=O) groups excluding carboxylic acids is 1. The highest BCUT2D eigenvalue weighted by atomic mass is 16.1. The number of hydrogen-bond acceptors (Lipinski definition) is 2. The zero-order valence-corrected chi connectivity index (χ0v) is 10.2. The molecule has 0 heterocycles. The molecular weight excluding hydrogens is 210 g/mol. The maximum Gasteiger partial charge on any atom is 0.193 e. The van der Waals surface area contributed by atoms with E-state index in [-0.39, 0.29) is 11.9 Å². The summed E-state index contributed by atoms with van der Waals surface area (Å²) in [5.74, 6) is 0.0989. The first-order chi connectivity index (χ1) is 7.70. The molecule has 0 spiro atoms. The molecule has 0 aliphatic rings. The Labute approximate surface area is 102 Å². The lowest BCUT2D eigenvalue weighted by atomic mass is 9.96. The second-order valence-electron chi connectivity index (χ2n) is 3.94. The summed E-state index contributed by atoms with van der Waals surface area (Å²) in [4.78, 5) is 12.2. The molecule has 2 nitrogen and oxygen atoms in total. The van der Waals surface area contributed by atoms with E-state index in [0.29, 0.717) is 0 Å². The highest BCUT2D eigenvalue weighted by Crippen LogP contribution is 2.16. The fourth-order valence-electron chi connectivity index (χ4n) is 1.74. The van der Waals surface area contributed by atoms with E-state index in [1.807, 2.05) is 62.4 Å². The van der Waals surface area contributed by atoms with E-state index in [1.54, 1.807) is 0 Å². The van der Waals surface area contributed by atoms with Gasteiger partial charge in [-0.25, -0.2) is 0 Å². The molecule has 0 amide bonds. The average Bonchev–Trinajstić information content (AvgIpc) is 2.33. The lowest BCUT2D eigenvalue weighted by Gasteiger charge is -2.07. The van der Waals surface area contributed by atoms with Crippen LogP contribution in [0.5, 0.6) is 0 Å². The summed E-state index contributed by atoms with van der Waals surface area (Å²) in [6, 6.07) is 15.2. The Morgan fingerprint density at radius 2 is 1.53 bits per heavy atom. The molecule has 0 aromatic heterocycles. The second kappa shape index (κ2) is 5.41. The van der Waals surface area contributed by atoms with Gasteiger partial charge in [-0.3, -0.25) is 4.79 Å². The van der Waals surface area contributed by atoms with Gasteiger partial charge in [0.1, 0.15) is 0 Å². The number of hydrogen-bond donors (Lipinski definition) is 1. The van der Waals surface area contributed by atoms with Crippen molar-refractivity contribution in [1.82, 2.24) is 6.15 Å². The van der Waals surface area contributed by atoms with Gasteiger partial charge in [-0.05, 0) is 25.0 Å². The number of rotatable bonds is 2. The third-order valence-electron chi connectivity index (χ3n) is 2.89. The van der Waals surface area contributed by atoms with Crippen LogP contribution in [0.2, 0.25) is 0 Å². The zero-order valence-electron chi connectivity index (χ0n) is 10.2. The predicted molar refractivity (Wildman–Crippen MR) is 70.8 cm³/mol. The summed E-state index contributed by atoms with van der Waals surface area (Å²) in [6.45, 7) is 4.02. The van der Waals surface area contributed by atoms with Gasteiger partial charge < -0.3 is 6.15 Å². The lowest BCUT2D eigenvalue weighted by Crippen LogP contribution is -2.04. The smallest absolute Gasteiger partial charge is 0.193 e. The Kier molecular flexibility index (Phi) is 4.18. The van der Waals surface area contributed by atoms with Crippen LogP contribution in [0.15, 0.2) is 48.5 Å². The number of carbonyl (C=O) groups is 1. The highest BCUT2D eigenvalue weighted by Gasteiger charge is 2.11. The molecule has 0 fully saturated rings. The van der Waals surface area contributed by atoms with Crippen LogP contribution in [-0.2, 0) is 0 Å². The standard InChI is InChI=1S/C15H14O.H3N/c1-11-7-6-10-14(12(11)2)15(16)13-8-4-3-5-9-13;/h3-10H,1-2H3;1H3. The summed E-state index contributed by atoms with van der Waals surface area (Å²) in [7, 11) is 0. The van der Waals surface area contributed by atoms with Crippen LogP contribution in [-0.4, -0.2) is 5.78 Å². The Morgan fingerprint density at radius 3 is 2.18 bits per heavy atom. The molecule has 88 valence electrons.